The van der Waals surface area contributed by atoms with Crippen LogP contribution in [0.5, 0.6) is 5.88 Å². The Kier molecular flexibility index (Phi) is 7.26. The van der Waals surface area contributed by atoms with Crippen molar-refractivity contribution in [2.24, 2.45) is 5.92 Å². The number of nitrogens with zero attached hydrogens (tertiary/aromatic N) is 3. The molecular formula is C24H28FN3O3. The predicted octanol–water partition coefficient (Wildman–Crippen LogP) is 2.40. The van der Waals surface area contributed by atoms with Gasteiger partial charge in [0.15, 0.2) is 0 Å². The smallest absolute Gasteiger partial charge is 0.259 e. The zero-order valence-electron chi connectivity index (χ0n) is 18.3. The number of fused-ring (bicyclic) bond motifs is 1. The molecule has 0 bridgehead atoms. The van der Waals surface area contributed by atoms with Crippen molar-refractivity contribution in [1.82, 2.24) is 14.8 Å². The number of halogens is 1. The first-order valence-electron chi connectivity index (χ1n) is 10.3. The molecule has 1 aliphatic rings. The van der Waals surface area contributed by atoms with E-state index in [0.29, 0.717) is 29.8 Å². The molecule has 1 aromatic carbocycles. The first-order chi connectivity index (χ1) is 14.8. The molecule has 1 amide bonds. The topological polar surface area (TPSA) is 65.9 Å². The maximum Gasteiger partial charge on any atom is 0.259 e. The van der Waals surface area contributed by atoms with E-state index in [-0.39, 0.29) is 42.3 Å². The number of pyridine rings is 1. The molecule has 2 aromatic rings. The van der Waals surface area contributed by atoms with Gasteiger partial charge in [-0.3, -0.25) is 4.79 Å². The lowest BCUT2D eigenvalue weighted by atomic mass is 10.00. The molecule has 0 fully saturated rings. The summed E-state index contributed by atoms with van der Waals surface area (Å²) in [5, 5.41) is 9.70. The lowest BCUT2D eigenvalue weighted by Gasteiger charge is -2.37. The van der Waals surface area contributed by atoms with Crippen LogP contribution in [-0.4, -0.2) is 71.7 Å². The molecule has 0 spiro atoms. The number of aliphatic hydroxyl groups is 1. The van der Waals surface area contributed by atoms with Gasteiger partial charge in [-0.25, -0.2) is 9.37 Å². The minimum Gasteiger partial charge on any atom is -0.472 e. The zero-order valence-corrected chi connectivity index (χ0v) is 18.3. The van der Waals surface area contributed by atoms with Crippen molar-refractivity contribution >= 4 is 5.91 Å². The van der Waals surface area contributed by atoms with E-state index >= 15 is 0 Å². The molecule has 3 rings (SSSR count). The minimum absolute atomic E-state index is 0.0493. The summed E-state index contributed by atoms with van der Waals surface area (Å²) in [6, 6.07) is 7.21. The van der Waals surface area contributed by atoms with Crippen LogP contribution >= 0.6 is 0 Å². The summed E-state index contributed by atoms with van der Waals surface area (Å²) >= 11 is 0. The number of hydrogen-bond donors (Lipinski definition) is 1. The lowest BCUT2D eigenvalue weighted by molar-refractivity contribution is 0.0348. The largest absolute Gasteiger partial charge is 0.472 e. The highest BCUT2D eigenvalue weighted by atomic mass is 19.1. The van der Waals surface area contributed by atoms with E-state index in [1.807, 2.05) is 32.8 Å². The van der Waals surface area contributed by atoms with Crippen LogP contribution in [0.4, 0.5) is 4.39 Å². The van der Waals surface area contributed by atoms with Gasteiger partial charge in [-0.2, -0.15) is 0 Å². The van der Waals surface area contributed by atoms with Crippen LogP contribution in [-0.2, 0) is 0 Å². The lowest BCUT2D eigenvalue weighted by Crippen LogP contribution is -2.49. The Morgan fingerprint density at radius 3 is 2.61 bits per heavy atom. The molecular weight excluding hydrogens is 397 g/mol. The van der Waals surface area contributed by atoms with Gasteiger partial charge in [0.05, 0.1) is 12.6 Å². The van der Waals surface area contributed by atoms with Gasteiger partial charge in [0.2, 0.25) is 5.88 Å². The molecule has 0 saturated heterocycles. The fourth-order valence-corrected chi connectivity index (χ4v) is 3.43. The molecule has 1 aromatic heterocycles. The standard InChI is InChI=1S/C24H28FN3O3/c1-16-13-28(17(2)15-29)24(30)21-11-19(6-5-18-7-9-20(25)10-8-18)12-26-23(21)31-22(16)14-27(3)4/h7-12,16-17,22,29H,13-15H2,1-4H3/t16-,17+,22-/m0/s1. The highest BCUT2D eigenvalue weighted by Crippen LogP contribution is 2.27. The number of aliphatic hydroxyl groups excluding tert-OH is 1. The Labute approximate surface area is 182 Å². The number of carbonyl (C=O) groups excluding carboxylic acids is 1. The van der Waals surface area contributed by atoms with E-state index in [1.54, 1.807) is 29.3 Å². The summed E-state index contributed by atoms with van der Waals surface area (Å²) < 4.78 is 19.3. The van der Waals surface area contributed by atoms with Crippen molar-refractivity contribution < 1.29 is 19.0 Å². The quantitative estimate of drug-likeness (QED) is 0.762. The molecule has 0 radical (unpaired) electrons. The summed E-state index contributed by atoms with van der Waals surface area (Å²) in [4.78, 5) is 21.4. The Morgan fingerprint density at radius 1 is 1.29 bits per heavy atom. The number of ether oxygens (including phenoxy) is 1. The Hall–Kier alpha value is -2.95. The van der Waals surface area contributed by atoms with Crippen molar-refractivity contribution in [3.05, 3.63) is 59.0 Å². The Bertz CT molecular complexity index is 982. The van der Waals surface area contributed by atoms with E-state index in [4.69, 9.17) is 4.74 Å². The molecule has 1 N–H and O–H groups in total. The van der Waals surface area contributed by atoms with Gasteiger partial charge < -0.3 is 19.6 Å². The average molecular weight is 426 g/mol. The molecule has 0 aliphatic carbocycles. The number of amides is 1. The highest BCUT2D eigenvalue weighted by Gasteiger charge is 2.33. The summed E-state index contributed by atoms with van der Waals surface area (Å²) in [7, 11) is 3.94. The van der Waals surface area contributed by atoms with Gasteiger partial charge in [-0.1, -0.05) is 18.8 Å². The van der Waals surface area contributed by atoms with E-state index in [9.17, 15) is 14.3 Å². The normalized spacial score (nSPS) is 19.6. The van der Waals surface area contributed by atoms with Crippen molar-refractivity contribution in [3.8, 4) is 17.7 Å². The van der Waals surface area contributed by atoms with E-state index in [2.05, 4.69) is 16.8 Å². The number of benzene rings is 1. The van der Waals surface area contributed by atoms with Crippen LogP contribution in [0.15, 0.2) is 36.5 Å². The van der Waals surface area contributed by atoms with Crippen LogP contribution < -0.4 is 4.74 Å². The second kappa shape index (κ2) is 9.90. The molecule has 164 valence electrons. The Balaban J connectivity index is 1.99. The van der Waals surface area contributed by atoms with Crippen molar-refractivity contribution in [3.63, 3.8) is 0 Å². The SMILES string of the molecule is C[C@H](CO)N1C[C@H](C)[C@H](CN(C)C)Oc2ncc(C#Cc3ccc(F)cc3)cc2C1=O. The molecule has 31 heavy (non-hydrogen) atoms. The average Bonchev–Trinajstić information content (AvgIpc) is 2.75. The maximum absolute atomic E-state index is 13.3. The first-order valence-corrected chi connectivity index (χ1v) is 10.3. The third kappa shape index (κ3) is 5.60. The molecule has 0 saturated carbocycles. The van der Waals surface area contributed by atoms with Crippen LogP contribution in [0.3, 0.4) is 0 Å². The molecule has 2 heterocycles. The summed E-state index contributed by atoms with van der Waals surface area (Å²) in [5.74, 6) is 5.68. The molecule has 0 unspecified atom stereocenters. The highest BCUT2D eigenvalue weighted by molar-refractivity contribution is 5.97. The van der Waals surface area contributed by atoms with Crippen LogP contribution in [0, 0.1) is 23.6 Å². The predicted molar refractivity (Wildman–Crippen MR) is 116 cm³/mol. The van der Waals surface area contributed by atoms with E-state index in [1.165, 1.54) is 12.1 Å². The second-order valence-electron chi connectivity index (χ2n) is 8.22. The number of carbonyl (C=O) groups is 1. The second-order valence-corrected chi connectivity index (χ2v) is 8.22. The van der Waals surface area contributed by atoms with Gasteiger partial charge >= 0.3 is 0 Å². The van der Waals surface area contributed by atoms with Gasteiger partial charge in [0.25, 0.3) is 5.91 Å². The molecule has 1 aliphatic heterocycles. The van der Waals surface area contributed by atoms with Gasteiger partial charge in [0, 0.05) is 36.3 Å². The van der Waals surface area contributed by atoms with Crippen LogP contribution in [0.2, 0.25) is 0 Å². The van der Waals surface area contributed by atoms with E-state index in [0.717, 1.165) is 0 Å². The Morgan fingerprint density at radius 2 is 1.97 bits per heavy atom. The van der Waals surface area contributed by atoms with Crippen molar-refractivity contribution in [1.29, 1.82) is 0 Å². The summed E-state index contributed by atoms with van der Waals surface area (Å²) in [6.07, 6.45) is 1.40. The zero-order chi connectivity index (χ0) is 22.5. The van der Waals surface area contributed by atoms with E-state index < -0.39 is 0 Å². The third-order valence-corrected chi connectivity index (χ3v) is 5.26. The third-order valence-electron chi connectivity index (χ3n) is 5.26. The summed E-state index contributed by atoms with van der Waals surface area (Å²) in [5.41, 5.74) is 1.53. The van der Waals surface area contributed by atoms with Gasteiger partial charge in [-0.05, 0) is 51.4 Å². The fourth-order valence-electron chi connectivity index (χ4n) is 3.43. The summed E-state index contributed by atoms with van der Waals surface area (Å²) in [6.45, 7) is 4.85. The maximum atomic E-state index is 13.3. The number of hydrogen-bond acceptors (Lipinski definition) is 5. The van der Waals surface area contributed by atoms with Crippen molar-refractivity contribution in [2.75, 3.05) is 33.8 Å². The van der Waals surface area contributed by atoms with Gasteiger partial charge in [0.1, 0.15) is 17.5 Å². The monoisotopic (exact) mass is 425 g/mol. The molecule has 7 heteroatoms. The van der Waals surface area contributed by atoms with Crippen LogP contribution in [0.1, 0.15) is 35.3 Å². The van der Waals surface area contributed by atoms with Crippen molar-refractivity contribution in [2.45, 2.75) is 26.0 Å². The number of aromatic nitrogens is 1. The minimum atomic E-state index is -0.338. The first kappa shape index (κ1) is 22.7. The molecule has 3 atom stereocenters. The number of rotatable bonds is 4. The van der Waals surface area contributed by atoms with Gasteiger partial charge in [-0.15, -0.1) is 0 Å². The molecule has 6 nitrogen and oxygen atoms in total. The fraction of sp³-hybridized carbons (Fsp3) is 0.417. The number of likely N-dealkylation sites (N-methyl/N-ethyl adjacent to an activating group) is 1. The van der Waals surface area contributed by atoms with Crippen LogP contribution in [0.25, 0.3) is 0 Å².